The molecule has 0 aliphatic carbocycles. The Bertz CT molecular complexity index is 350. The van der Waals surface area contributed by atoms with Gasteiger partial charge in [0.1, 0.15) is 11.9 Å². The van der Waals surface area contributed by atoms with Crippen molar-refractivity contribution in [2.75, 3.05) is 18.6 Å². The van der Waals surface area contributed by atoms with Crippen LogP contribution >= 0.6 is 0 Å². The number of nitrogens with zero attached hydrogens (tertiary/aromatic N) is 1. The van der Waals surface area contributed by atoms with Gasteiger partial charge in [0.2, 0.25) is 0 Å². The van der Waals surface area contributed by atoms with Crippen molar-refractivity contribution in [1.82, 2.24) is 0 Å². The highest BCUT2D eigenvalue weighted by molar-refractivity contribution is 5.86. The van der Waals surface area contributed by atoms with Crippen molar-refractivity contribution in [1.29, 1.82) is 0 Å². The standard InChI is InChI=1S/C10H10FNO2/c1-14-10(13)9-6-12(9)8-4-2-7(11)3-5-8/h2-5,9H,6H2,1H3/t9-,12?/m1/s1. The molecule has 0 unspecified atom stereocenters. The molecule has 0 N–H and O–H groups in total. The van der Waals surface area contributed by atoms with E-state index in [-0.39, 0.29) is 17.8 Å². The van der Waals surface area contributed by atoms with Crippen molar-refractivity contribution in [3.63, 3.8) is 0 Å². The number of benzene rings is 1. The maximum atomic E-state index is 12.6. The molecule has 1 aliphatic heterocycles. The van der Waals surface area contributed by atoms with E-state index in [9.17, 15) is 9.18 Å². The van der Waals surface area contributed by atoms with Crippen LogP contribution in [0.3, 0.4) is 0 Å². The first-order valence-electron chi connectivity index (χ1n) is 4.32. The zero-order valence-corrected chi connectivity index (χ0v) is 7.74. The summed E-state index contributed by atoms with van der Waals surface area (Å²) >= 11 is 0. The van der Waals surface area contributed by atoms with Crippen molar-refractivity contribution < 1.29 is 13.9 Å². The summed E-state index contributed by atoms with van der Waals surface area (Å²) < 4.78 is 17.2. The third kappa shape index (κ3) is 1.55. The van der Waals surface area contributed by atoms with Gasteiger partial charge in [-0.2, -0.15) is 0 Å². The van der Waals surface area contributed by atoms with E-state index in [0.29, 0.717) is 6.54 Å². The number of rotatable bonds is 2. The first-order valence-corrected chi connectivity index (χ1v) is 4.32. The predicted octanol–water partition coefficient (Wildman–Crippen LogP) is 1.19. The monoisotopic (exact) mass is 195 g/mol. The molecule has 2 rings (SSSR count). The quantitative estimate of drug-likeness (QED) is 0.524. The summed E-state index contributed by atoms with van der Waals surface area (Å²) in [4.78, 5) is 12.9. The molecule has 3 nitrogen and oxygen atoms in total. The molecule has 74 valence electrons. The van der Waals surface area contributed by atoms with Gasteiger partial charge in [-0.05, 0) is 24.3 Å². The van der Waals surface area contributed by atoms with Gasteiger partial charge in [0.25, 0.3) is 0 Å². The van der Waals surface area contributed by atoms with E-state index in [4.69, 9.17) is 0 Å². The molecule has 1 fully saturated rings. The number of hydrogen-bond donors (Lipinski definition) is 0. The number of esters is 1. The summed E-state index contributed by atoms with van der Waals surface area (Å²) in [5, 5.41) is 0. The average Bonchev–Trinajstić information content (AvgIpc) is 2.98. The first kappa shape index (κ1) is 8.99. The molecule has 1 aliphatic rings. The van der Waals surface area contributed by atoms with Gasteiger partial charge < -0.3 is 9.64 Å². The summed E-state index contributed by atoms with van der Waals surface area (Å²) in [7, 11) is 1.36. The Morgan fingerprint density at radius 1 is 1.50 bits per heavy atom. The Hall–Kier alpha value is -1.58. The lowest BCUT2D eigenvalue weighted by Gasteiger charge is -2.03. The normalized spacial score (nSPS) is 19.3. The highest BCUT2D eigenvalue weighted by Gasteiger charge is 2.41. The Labute approximate surface area is 81.1 Å². The molecule has 0 amide bonds. The third-order valence-corrected chi connectivity index (χ3v) is 2.24. The minimum Gasteiger partial charge on any atom is -0.467 e. The summed E-state index contributed by atoms with van der Waals surface area (Å²) in [6, 6.07) is 5.87. The molecule has 0 bridgehead atoms. The van der Waals surface area contributed by atoms with Crippen LogP contribution in [0.2, 0.25) is 0 Å². The van der Waals surface area contributed by atoms with Gasteiger partial charge in [-0.1, -0.05) is 0 Å². The second kappa shape index (κ2) is 3.29. The maximum absolute atomic E-state index is 12.6. The number of hydrogen-bond acceptors (Lipinski definition) is 3. The van der Waals surface area contributed by atoms with E-state index >= 15 is 0 Å². The zero-order valence-electron chi connectivity index (χ0n) is 7.74. The summed E-state index contributed by atoms with van der Waals surface area (Å²) in [5.41, 5.74) is 0.849. The Balaban J connectivity index is 2.06. The molecule has 1 saturated heterocycles. The Morgan fingerprint density at radius 3 is 2.71 bits per heavy atom. The molecule has 0 aromatic heterocycles. The SMILES string of the molecule is COC(=O)[C@H]1CN1c1ccc(F)cc1. The lowest BCUT2D eigenvalue weighted by atomic mass is 10.3. The van der Waals surface area contributed by atoms with Crippen LogP contribution in [0.4, 0.5) is 10.1 Å². The van der Waals surface area contributed by atoms with E-state index in [0.717, 1.165) is 5.69 Å². The van der Waals surface area contributed by atoms with Crippen LogP contribution in [0.15, 0.2) is 24.3 Å². The molecule has 0 spiro atoms. The van der Waals surface area contributed by atoms with E-state index in [2.05, 4.69) is 4.74 Å². The molecule has 0 radical (unpaired) electrons. The van der Waals surface area contributed by atoms with Crippen LogP contribution in [-0.2, 0) is 9.53 Å². The fourth-order valence-corrected chi connectivity index (χ4v) is 1.39. The summed E-state index contributed by atoms with van der Waals surface area (Å²) in [5.74, 6) is -0.514. The minimum atomic E-state index is -0.273. The average molecular weight is 195 g/mol. The smallest absolute Gasteiger partial charge is 0.330 e. The number of halogens is 1. The van der Waals surface area contributed by atoms with Gasteiger partial charge in [0.05, 0.1) is 13.7 Å². The van der Waals surface area contributed by atoms with Crippen LogP contribution in [0.1, 0.15) is 0 Å². The van der Waals surface area contributed by atoms with Gasteiger partial charge in [0, 0.05) is 5.69 Å². The van der Waals surface area contributed by atoms with Gasteiger partial charge >= 0.3 is 5.97 Å². The maximum Gasteiger partial charge on any atom is 0.330 e. The lowest BCUT2D eigenvalue weighted by Crippen LogP contribution is -2.13. The number of anilines is 1. The van der Waals surface area contributed by atoms with Crippen molar-refractivity contribution in [2.45, 2.75) is 6.04 Å². The largest absolute Gasteiger partial charge is 0.467 e. The molecule has 14 heavy (non-hydrogen) atoms. The fourth-order valence-electron chi connectivity index (χ4n) is 1.39. The van der Waals surface area contributed by atoms with Crippen molar-refractivity contribution in [3.8, 4) is 0 Å². The number of carbonyl (C=O) groups excluding carboxylic acids is 1. The van der Waals surface area contributed by atoms with Crippen LogP contribution in [0.25, 0.3) is 0 Å². The Kier molecular flexibility index (Phi) is 2.11. The van der Waals surface area contributed by atoms with Crippen molar-refractivity contribution in [3.05, 3.63) is 30.1 Å². The van der Waals surface area contributed by atoms with E-state index in [1.54, 1.807) is 12.1 Å². The van der Waals surface area contributed by atoms with Crippen LogP contribution in [0, 0.1) is 5.82 Å². The van der Waals surface area contributed by atoms with Gasteiger partial charge in [-0.15, -0.1) is 0 Å². The van der Waals surface area contributed by atoms with Crippen LogP contribution < -0.4 is 4.90 Å². The molecule has 0 saturated carbocycles. The molecule has 1 aromatic carbocycles. The summed E-state index contributed by atoms with van der Waals surface area (Å²) in [6.07, 6.45) is 0. The van der Waals surface area contributed by atoms with E-state index in [1.807, 2.05) is 4.90 Å². The van der Waals surface area contributed by atoms with Crippen molar-refractivity contribution in [2.24, 2.45) is 0 Å². The second-order valence-electron chi connectivity index (χ2n) is 3.17. The van der Waals surface area contributed by atoms with E-state index < -0.39 is 0 Å². The van der Waals surface area contributed by atoms with Crippen LogP contribution in [-0.4, -0.2) is 25.7 Å². The molecular weight excluding hydrogens is 185 g/mol. The van der Waals surface area contributed by atoms with Gasteiger partial charge in [-0.3, -0.25) is 0 Å². The Morgan fingerprint density at radius 2 is 2.14 bits per heavy atom. The molecule has 1 atom stereocenters. The first-order chi connectivity index (χ1) is 6.72. The third-order valence-electron chi connectivity index (χ3n) is 2.24. The number of methoxy groups -OCH3 is 1. The molecule has 4 heteroatoms. The zero-order chi connectivity index (χ0) is 10.1. The highest BCUT2D eigenvalue weighted by Crippen LogP contribution is 2.28. The summed E-state index contributed by atoms with van der Waals surface area (Å²) in [6.45, 7) is 0.651. The number of carbonyl (C=O) groups is 1. The highest BCUT2D eigenvalue weighted by atomic mass is 19.1. The minimum absolute atomic E-state index is 0.189. The lowest BCUT2D eigenvalue weighted by molar-refractivity contribution is -0.139. The topological polar surface area (TPSA) is 29.3 Å². The molecule has 1 heterocycles. The predicted molar refractivity (Wildman–Crippen MR) is 49.6 cm³/mol. The van der Waals surface area contributed by atoms with Gasteiger partial charge in [0.15, 0.2) is 0 Å². The second-order valence-corrected chi connectivity index (χ2v) is 3.17. The van der Waals surface area contributed by atoms with Crippen LogP contribution in [0.5, 0.6) is 0 Å². The van der Waals surface area contributed by atoms with E-state index in [1.165, 1.54) is 19.2 Å². The van der Waals surface area contributed by atoms with Gasteiger partial charge in [-0.25, -0.2) is 9.18 Å². The fraction of sp³-hybridized carbons (Fsp3) is 0.300. The number of ether oxygens (including phenoxy) is 1. The van der Waals surface area contributed by atoms with Crippen molar-refractivity contribution >= 4 is 11.7 Å². The molecule has 1 aromatic rings. The molecular formula is C10H10FNO2.